The second kappa shape index (κ2) is 9.79. The summed E-state index contributed by atoms with van der Waals surface area (Å²) in [5.41, 5.74) is -0.926. The molecule has 7 nitrogen and oxygen atoms in total. The summed E-state index contributed by atoms with van der Waals surface area (Å²) >= 11 is 2.02. The summed E-state index contributed by atoms with van der Waals surface area (Å²) in [5, 5.41) is 12.8. The second-order valence-electron chi connectivity index (χ2n) is 5.91. The van der Waals surface area contributed by atoms with Gasteiger partial charge in [0, 0.05) is 0 Å². The van der Waals surface area contributed by atoms with Gasteiger partial charge >= 0.3 is 6.18 Å². The molecule has 0 spiro atoms. The number of benzene rings is 2. The number of anilines is 2. The van der Waals surface area contributed by atoms with E-state index >= 15 is 0 Å². The molecule has 0 unspecified atom stereocenters. The van der Waals surface area contributed by atoms with Gasteiger partial charge in [-0.1, -0.05) is 47.4 Å². The minimum Gasteiger partial charge on any atom is -0.496 e. The van der Waals surface area contributed by atoms with Gasteiger partial charge in [-0.2, -0.15) is 13.2 Å². The molecule has 0 aliphatic carbocycles. The van der Waals surface area contributed by atoms with Crippen LogP contribution in [0.4, 0.5) is 24.0 Å². The summed E-state index contributed by atoms with van der Waals surface area (Å²) in [6.45, 7) is 0. The Labute approximate surface area is 183 Å². The van der Waals surface area contributed by atoms with Crippen LogP contribution in [0.5, 0.6) is 5.75 Å². The molecule has 3 aromatic rings. The van der Waals surface area contributed by atoms with Crippen molar-refractivity contribution in [3.8, 4) is 5.75 Å². The topological polar surface area (TPSA) is 93.2 Å². The zero-order valence-corrected chi connectivity index (χ0v) is 17.5. The Kier molecular flexibility index (Phi) is 7.13. The minimum absolute atomic E-state index is 0.179. The number of ether oxygens (including phenoxy) is 1. The molecule has 2 N–H and O–H groups in total. The lowest BCUT2D eigenvalue weighted by molar-refractivity contribution is -0.137. The molecule has 0 radical (unpaired) electrons. The number of thioether (sulfide) groups is 1. The summed E-state index contributed by atoms with van der Waals surface area (Å²) in [5.74, 6) is -0.848. The maximum Gasteiger partial charge on any atom is 0.418 e. The summed E-state index contributed by atoms with van der Waals surface area (Å²) in [6.07, 6.45) is -4.58. The first-order valence-corrected chi connectivity index (χ1v) is 10.4. The molecule has 0 saturated heterocycles. The largest absolute Gasteiger partial charge is 0.496 e. The first kappa shape index (κ1) is 22.6. The molecule has 3 rings (SSSR count). The molecule has 31 heavy (non-hydrogen) atoms. The van der Waals surface area contributed by atoms with E-state index in [4.69, 9.17) is 4.74 Å². The number of hydrogen-bond acceptors (Lipinski definition) is 7. The Bertz CT molecular complexity index is 1090. The predicted octanol–water partition coefficient (Wildman–Crippen LogP) is 4.55. The molecule has 2 aromatic carbocycles. The molecule has 0 aliphatic rings. The minimum atomic E-state index is -4.58. The summed E-state index contributed by atoms with van der Waals surface area (Å²) in [6, 6.07) is 11.4. The fraction of sp³-hybridized carbons (Fsp3) is 0.158. The van der Waals surface area contributed by atoms with E-state index in [1.54, 1.807) is 24.3 Å². The fourth-order valence-electron chi connectivity index (χ4n) is 2.47. The molecule has 0 bridgehead atoms. The number of hydrogen-bond donors (Lipinski definition) is 2. The fourth-order valence-corrected chi connectivity index (χ4v) is 4.02. The Hall–Kier alpha value is -3.12. The lowest BCUT2D eigenvalue weighted by Crippen LogP contribution is -2.18. The third-order valence-corrected chi connectivity index (χ3v) is 5.78. The van der Waals surface area contributed by atoms with E-state index in [0.717, 1.165) is 29.2 Å². The van der Waals surface area contributed by atoms with E-state index < -0.39 is 23.6 Å². The zero-order chi connectivity index (χ0) is 22.4. The molecule has 0 aliphatic heterocycles. The van der Waals surface area contributed by atoms with E-state index in [9.17, 15) is 22.8 Å². The third kappa shape index (κ3) is 5.95. The van der Waals surface area contributed by atoms with Crippen LogP contribution in [0.15, 0.2) is 52.9 Å². The number of nitrogens with one attached hydrogen (secondary N) is 2. The SMILES string of the molecule is COc1ccccc1C(=O)Nc1nnc(SCC(=O)Nc2ccccc2C(F)(F)F)s1. The normalized spacial score (nSPS) is 11.1. The van der Waals surface area contributed by atoms with Crippen LogP contribution in [0.3, 0.4) is 0 Å². The highest BCUT2D eigenvalue weighted by Gasteiger charge is 2.33. The third-order valence-electron chi connectivity index (χ3n) is 3.81. The van der Waals surface area contributed by atoms with Gasteiger partial charge in [-0.25, -0.2) is 0 Å². The van der Waals surface area contributed by atoms with Crippen molar-refractivity contribution in [2.45, 2.75) is 10.5 Å². The number of aromatic nitrogens is 2. The van der Waals surface area contributed by atoms with Crippen molar-refractivity contribution in [1.82, 2.24) is 10.2 Å². The molecule has 0 atom stereocenters. The molecule has 2 amide bonds. The van der Waals surface area contributed by atoms with Crippen molar-refractivity contribution in [3.63, 3.8) is 0 Å². The number of amides is 2. The molecule has 1 heterocycles. The average Bonchev–Trinajstić information content (AvgIpc) is 3.19. The highest BCUT2D eigenvalue weighted by Crippen LogP contribution is 2.35. The van der Waals surface area contributed by atoms with Crippen molar-refractivity contribution in [3.05, 3.63) is 59.7 Å². The van der Waals surface area contributed by atoms with Crippen LogP contribution >= 0.6 is 23.1 Å². The first-order chi connectivity index (χ1) is 14.8. The number of halogens is 3. The number of methoxy groups -OCH3 is 1. The highest BCUT2D eigenvalue weighted by molar-refractivity contribution is 8.01. The van der Waals surface area contributed by atoms with Gasteiger partial charge in [0.1, 0.15) is 5.75 Å². The van der Waals surface area contributed by atoms with Crippen molar-refractivity contribution in [2.75, 3.05) is 23.5 Å². The predicted molar refractivity (Wildman–Crippen MR) is 112 cm³/mol. The second-order valence-corrected chi connectivity index (χ2v) is 8.11. The van der Waals surface area contributed by atoms with E-state index in [1.165, 1.54) is 25.3 Å². The van der Waals surface area contributed by atoms with Crippen molar-refractivity contribution in [1.29, 1.82) is 0 Å². The van der Waals surface area contributed by atoms with Crippen molar-refractivity contribution >= 4 is 45.7 Å². The molecule has 0 saturated carbocycles. The van der Waals surface area contributed by atoms with Crippen LogP contribution in [0.1, 0.15) is 15.9 Å². The average molecular weight is 468 g/mol. The molecular weight excluding hydrogens is 453 g/mol. The van der Waals surface area contributed by atoms with Crippen LogP contribution in [-0.4, -0.2) is 34.9 Å². The first-order valence-electron chi connectivity index (χ1n) is 8.64. The van der Waals surface area contributed by atoms with Crippen LogP contribution in [0.25, 0.3) is 0 Å². The zero-order valence-electron chi connectivity index (χ0n) is 15.9. The Morgan fingerprint density at radius 3 is 2.52 bits per heavy atom. The quantitative estimate of drug-likeness (QED) is 0.390. The lowest BCUT2D eigenvalue weighted by atomic mass is 10.1. The van der Waals surface area contributed by atoms with Gasteiger partial charge in [-0.05, 0) is 24.3 Å². The lowest BCUT2D eigenvalue weighted by Gasteiger charge is -2.13. The molecule has 0 fully saturated rings. The Morgan fingerprint density at radius 1 is 1.06 bits per heavy atom. The molecule has 12 heteroatoms. The molecule has 162 valence electrons. The number of carbonyl (C=O) groups is 2. The van der Waals surface area contributed by atoms with Crippen molar-refractivity contribution in [2.24, 2.45) is 0 Å². The standard InChI is InChI=1S/C19H15F3N4O3S2/c1-29-14-9-5-2-6-11(14)16(28)24-17-25-26-18(31-17)30-10-15(27)23-13-8-4-3-7-12(13)19(20,21)22/h2-9H,10H2,1H3,(H,23,27)(H,24,25,28). The van der Waals surface area contributed by atoms with Gasteiger partial charge < -0.3 is 10.1 Å². The van der Waals surface area contributed by atoms with Crippen LogP contribution in [0.2, 0.25) is 0 Å². The van der Waals surface area contributed by atoms with Crippen LogP contribution in [0, 0.1) is 0 Å². The number of nitrogens with zero attached hydrogens (tertiary/aromatic N) is 2. The summed E-state index contributed by atoms with van der Waals surface area (Å²) < 4.78 is 44.5. The molecular formula is C19H15F3N4O3S2. The highest BCUT2D eigenvalue weighted by atomic mass is 32.2. The summed E-state index contributed by atoms with van der Waals surface area (Å²) in [4.78, 5) is 24.4. The van der Waals surface area contributed by atoms with E-state index in [2.05, 4.69) is 20.8 Å². The maximum atomic E-state index is 13.0. The van der Waals surface area contributed by atoms with Crippen LogP contribution in [-0.2, 0) is 11.0 Å². The van der Waals surface area contributed by atoms with Crippen molar-refractivity contribution < 1.29 is 27.5 Å². The van der Waals surface area contributed by atoms with Crippen LogP contribution < -0.4 is 15.4 Å². The smallest absolute Gasteiger partial charge is 0.418 e. The number of alkyl halides is 3. The number of rotatable bonds is 7. The number of para-hydroxylation sites is 2. The van der Waals surface area contributed by atoms with E-state index in [0.29, 0.717) is 15.7 Å². The van der Waals surface area contributed by atoms with Gasteiger partial charge in [0.05, 0.1) is 29.7 Å². The Morgan fingerprint density at radius 2 is 1.77 bits per heavy atom. The van der Waals surface area contributed by atoms with E-state index in [-0.39, 0.29) is 16.6 Å². The number of carbonyl (C=O) groups excluding carboxylic acids is 2. The Balaban J connectivity index is 1.57. The molecule has 1 aromatic heterocycles. The van der Waals surface area contributed by atoms with Gasteiger partial charge in [0.25, 0.3) is 5.91 Å². The summed E-state index contributed by atoms with van der Waals surface area (Å²) in [7, 11) is 1.45. The maximum absolute atomic E-state index is 13.0. The monoisotopic (exact) mass is 468 g/mol. The van der Waals surface area contributed by atoms with E-state index in [1.807, 2.05) is 0 Å². The van der Waals surface area contributed by atoms with Gasteiger partial charge in [0.2, 0.25) is 11.0 Å². The van der Waals surface area contributed by atoms with Gasteiger partial charge in [-0.15, -0.1) is 10.2 Å². The van der Waals surface area contributed by atoms with Gasteiger partial charge in [0.15, 0.2) is 4.34 Å². The van der Waals surface area contributed by atoms with Gasteiger partial charge in [-0.3, -0.25) is 14.9 Å².